The van der Waals surface area contributed by atoms with E-state index < -0.39 is 0 Å². The Morgan fingerprint density at radius 1 is 1.24 bits per heavy atom. The van der Waals surface area contributed by atoms with E-state index in [2.05, 4.69) is 41.6 Å². The Balaban J connectivity index is 1.68. The number of nitrogens with zero attached hydrogens (tertiary/aromatic N) is 2. The van der Waals surface area contributed by atoms with Crippen LogP contribution in [0.1, 0.15) is 42.1 Å². The predicted octanol–water partition coefficient (Wildman–Crippen LogP) is 4.20. The number of guanidine groups is 1. The van der Waals surface area contributed by atoms with Gasteiger partial charge in [0.2, 0.25) is 0 Å². The molecule has 1 aromatic carbocycles. The van der Waals surface area contributed by atoms with Gasteiger partial charge in [-0.25, -0.2) is 4.98 Å². The Labute approximate surface area is 182 Å². The van der Waals surface area contributed by atoms with Gasteiger partial charge in [0.25, 0.3) is 0 Å². The molecule has 0 radical (unpaired) electrons. The summed E-state index contributed by atoms with van der Waals surface area (Å²) in [6.07, 6.45) is 5.79. The molecule has 0 aliphatic carbocycles. The van der Waals surface area contributed by atoms with Crippen molar-refractivity contribution in [3.63, 3.8) is 0 Å². The van der Waals surface area contributed by atoms with Crippen molar-refractivity contribution in [1.82, 2.24) is 15.6 Å². The number of aromatic nitrogens is 1. The maximum atomic E-state index is 6.56. The summed E-state index contributed by atoms with van der Waals surface area (Å²) in [6.45, 7) is 8.06. The third-order valence-electron chi connectivity index (χ3n) is 5.36. The molecule has 0 atom stereocenters. The van der Waals surface area contributed by atoms with Crippen LogP contribution in [0.5, 0.6) is 0 Å². The molecular weight excluding hydrogens is 404 g/mol. The van der Waals surface area contributed by atoms with E-state index in [4.69, 9.17) is 21.3 Å². The fourth-order valence-electron chi connectivity index (χ4n) is 3.65. The molecule has 0 spiro atoms. The molecule has 0 bridgehead atoms. The second kappa shape index (κ2) is 11.0. The number of aryl methyl sites for hydroxylation is 1. The second-order valence-corrected chi connectivity index (χ2v) is 8.93. The summed E-state index contributed by atoms with van der Waals surface area (Å²) in [7, 11) is 0. The van der Waals surface area contributed by atoms with Gasteiger partial charge in [-0.15, -0.1) is 11.3 Å². The molecule has 0 amide bonds. The summed E-state index contributed by atoms with van der Waals surface area (Å²) in [6, 6.07) is 8.15. The van der Waals surface area contributed by atoms with Crippen molar-refractivity contribution in [3.05, 3.63) is 50.9 Å². The molecule has 3 rings (SSSR count). The van der Waals surface area contributed by atoms with E-state index >= 15 is 0 Å². The predicted molar refractivity (Wildman–Crippen MR) is 122 cm³/mol. The van der Waals surface area contributed by atoms with Crippen LogP contribution in [0.25, 0.3) is 0 Å². The Hall–Kier alpha value is -1.63. The van der Waals surface area contributed by atoms with Crippen molar-refractivity contribution in [2.75, 3.05) is 32.8 Å². The van der Waals surface area contributed by atoms with Crippen LogP contribution in [0.4, 0.5) is 0 Å². The maximum absolute atomic E-state index is 6.56. The normalized spacial score (nSPS) is 16.6. The Morgan fingerprint density at radius 3 is 2.72 bits per heavy atom. The SMILES string of the molecule is CCNC(=NCC1(c2ccccc2Cl)CCOCC1)NCCc1ncc(CC)s1. The lowest BCUT2D eigenvalue weighted by Gasteiger charge is -2.37. The van der Waals surface area contributed by atoms with Gasteiger partial charge in [-0.2, -0.15) is 0 Å². The number of thiazole rings is 1. The van der Waals surface area contributed by atoms with Crippen molar-refractivity contribution < 1.29 is 4.74 Å². The van der Waals surface area contributed by atoms with Gasteiger partial charge in [0.15, 0.2) is 5.96 Å². The van der Waals surface area contributed by atoms with Crippen molar-refractivity contribution >= 4 is 28.9 Å². The van der Waals surface area contributed by atoms with E-state index in [9.17, 15) is 0 Å². The monoisotopic (exact) mass is 434 g/mol. The van der Waals surface area contributed by atoms with Crippen molar-refractivity contribution in [2.45, 2.75) is 44.9 Å². The average molecular weight is 435 g/mol. The molecule has 5 nitrogen and oxygen atoms in total. The highest BCUT2D eigenvalue weighted by molar-refractivity contribution is 7.11. The van der Waals surface area contributed by atoms with E-state index in [1.807, 2.05) is 18.3 Å². The molecule has 1 aromatic heterocycles. The molecule has 2 aromatic rings. The number of ether oxygens (including phenoxy) is 1. The van der Waals surface area contributed by atoms with Gasteiger partial charge in [0, 0.05) is 54.2 Å². The largest absolute Gasteiger partial charge is 0.381 e. The number of benzene rings is 1. The van der Waals surface area contributed by atoms with Crippen LogP contribution in [0.15, 0.2) is 35.5 Å². The molecule has 2 N–H and O–H groups in total. The van der Waals surface area contributed by atoms with Gasteiger partial charge >= 0.3 is 0 Å². The molecule has 7 heteroatoms. The van der Waals surface area contributed by atoms with Crippen LogP contribution >= 0.6 is 22.9 Å². The number of aliphatic imine (C=N–C) groups is 1. The summed E-state index contributed by atoms with van der Waals surface area (Å²) in [5, 5.41) is 8.81. The first kappa shape index (κ1) is 22.1. The first-order valence-corrected chi connectivity index (χ1v) is 11.6. The summed E-state index contributed by atoms with van der Waals surface area (Å²) in [5.41, 5.74) is 1.10. The van der Waals surface area contributed by atoms with Crippen molar-refractivity contribution in [3.8, 4) is 0 Å². The summed E-state index contributed by atoms with van der Waals surface area (Å²) in [5.74, 6) is 0.845. The molecular formula is C22H31ClN4OS. The standard InChI is InChI=1S/C22H31ClN4OS/c1-3-17-15-26-20(29-17)9-12-25-21(24-4-2)27-16-22(10-13-28-14-11-22)18-7-5-6-8-19(18)23/h5-8,15H,3-4,9-14,16H2,1-2H3,(H2,24,25,27). The third kappa shape index (κ3) is 5.93. The van der Waals surface area contributed by atoms with Crippen LogP contribution in [0, 0.1) is 0 Å². The molecule has 0 saturated carbocycles. The topological polar surface area (TPSA) is 58.5 Å². The Kier molecular flexibility index (Phi) is 8.33. The zero-order chi connectivity index (χ0) is 20.5. The zero-order valence-corrected chi connectivity index (χ0v) is 18.9. The number of halogens is 1. The van der Waals surface area contributed by atoms with E-state index in [1.54, 1.807) is 11.3 Å². The van der Waals surface area contributed by atoms with E-state index in [-0.39, 0.29) is 5.41 Å². The highest BCUT2D eigenvalue weighted by Crippen LogP contribution is 2.38. The fraction of sp³-hybridized carbons (Fsp3) is 0.545. The quantitative estimate of drug-likeness (QED) is 0.482. The number of rotatable bonds is 8. The first-order chi connectivity index (χ1) is 14.2. The number of nitrogens with one attached hydrogen (secondary N) is 2. The van der Waals surface area contributed by atoms with Gasteiger partial charge < -0.3 is 15.4 Å². The molecule has 29 heavy (non-hydrogen) atoms. The van der Waals surface area contributed by atoms with Crippen LogP contribution in [-0.2, 0) is 23.0 Å². The van der Waals surface area contributed by atoms with Crippen LogP contribution < -0.4 is 10.6 Å². The Morgan fingerprint density at radius 2 is 2.03 bits per heavy atom. The number of hydrogen-bond donors (Lipinski definition) is 2. The zero-order valence-electron chi connectivity index (χ0n) is 17.3. The van der Waals surface area contributed by atoms with Gasteiger partial charge in [0.1, 0.15) is 0 Å². The summed E-state index contributed by atoms with van der Waals surface area (Å²) >= 11 is 8.35. The smallest absolute Gasteiger partial charge is 0.191 e. The van der Waals surface area contributed by atoms with Gasteiger partial charge in [0.05, 0.1) is 11.6 Å². The second-order valence-electron chi connectivity index (χ2n) is 7.32. The minimum Gasteiger partial charge on any atom is -0.381 e. The summed E-state index contributed by atoms with van der Waals surface area (Å²) in [4.78, 5) is 10.8. The summed E-state index contributed by atoms with van der Waals surface area (Å²) < 4.78 is 5.64. The third-order valence-corrected chi connectivity index (χ3v) is 6.89. The molecule has 1 aliphatic heterocycles. The fourth-order valence-corrected chi connectivity index (χ4v) is 4.85. The molecule has 1 saturated heterocycles. The molecule has 1 aliphatic rings. The van der Waals surface area contributed by atoms with Crippen LogP contribution in [-0.4, -0.2) is 43.8 Å². The van der Waals surface area contributed by atoms with Gasteiger partial charge in [-0.1, -0.05) is 36.7 Å². The highest BCUT2D eigenvalue weighted by Gasteiger charge is 2.36. The lowest BCUT2D eigenvalue weighted by atomic mass is 9.74. The van der Waals surface area contributed by atoms with Gasteiger partial charge in [-0.3, -0.25) is 4.99 Å². The minimum atomic E-state index is -0.0791. The molecule has 158 valence electrons. The van der Waals surface area contributed by atoms with Crippen LogP contribution in [0.3, 0.4) is 0 Å². The lowest BCUT2D eigenvalue weighted by molar-refractivity contribution is 0.0531. The van der Waals surface area contributed by atoms with Gasteiger partial charge in [-0.05, 0) is 37.8 Å². The van der Waals surface area contributed by atoms with Crippen molar-refractivity contribution in [1.29, 1.82) is 0 Å². The highest BCUT2D eigenvalue weighted by atomic mass is 35.5. The Bertz CT molecular complexity index is 802. The molecule has 1 fully saturated rings. The van der Waals surface area contributed by atoms with Crippen molar-refractivity contribution in [2.24, 2.45) is 4.99 Å². The minimum absolute atomic E-state index is 0.0791. The van der Waals surface area contributed by atoms with E-state index in [1.165, 1.54) is 15.4 Å². The lowest BCUT2D eigenvalue weighted by Crippen LogP contribution is -2.42. The number of hydrogen-bond acceptors (Lipinski definition) is 4. The molecule has 0 unspecified atom stereocenters. The maximum Gasteiger partial charge on any atom is 0.191 e. The average Bonchev–Trinajstić information content (AvgIpc) is 3.21. The first-order valence-electron chi connectivity index (χ1n) is 10.5. The molecule has 2 heterocycles. The van der Waals surface area contributed by atoms with E-state index in [0.717, 1.165) is 63.0 Å². The van der Waals surface area contributed by atoms with Crippen LogP contribution in [0.2, 0.25) is 5.02 Å². The van der Waals surface area contributed by atoms with E-state index in [0.29, 0.717) is 6.54 Å².